The van der Waals surface area contributed by atoms with Gasteiger partial charge in [-0.2, -0.15) is 0 Å². The van der Waals surface area contributed by atoms with E-state index in [4.69, 9.17) is 9.15 Å². The zero-order chi connectivity index (χ0) is 21.0. The second-order valence-electron chi connectivity index (χ2n) is 6.74. The van der Waals surface area contributed by atoms with Crippen LogP contribution >= 0.6 is 0 Å². The van der Waals surface area contributed by atoms with Crippen molar-refractivity contribution in [1.82, 2.24) is 5.32 Å². The predicted octanol–water partition coefficient (Wildman–Crippen LogP) is 1.35. The van der Waals surface area contributed by atoms with Gasteiger partial charge < -0.3 is 24.4 Å². The van der Waals surface area contributed by atoms with E-state index in [1.165, 1.54) is 19.1 Å². The molecule has 0 spiro atoms. The summed E-state index contributed by atoms with van der Waals surface area (Å²) in [5.74, 6) is -1.65. The minimum atomic E-state index is -1.38. The maximum Gasteiger partial charge on any atom is 0.336 e. The number of ether oxygens (including phenoxy) is 1. The van der Waals surface area contributed by atoms with Crippen molar-refractivity contribution in [3.63, 3.8) is 0 Å². The Morgan fingerprint density at radius 1 is 1.14 bits per heavy atom. The quantitative estimate of drug-likeness (QED) is 0.606. The molecule has 2 atom stereocenters. The molecule has 1 N–H and O–H groups in total. The van der Waals surface area contributed by atoms with E-state index in [2.05, 4.69) is 5.32 Å². The van der Waals surface area contributed by atoms with Crippen LogP contribution in [0.2, 0.25) is 0 Å². The van der Waals surface area contributed by atoms with Crippen LogP contribution in [0.1, 0.15) is 18.1 Å². The number of amides is 1. The monoisotopic (exact) mass is 394 g/mol. The van der Waals surface area contributed by atoms with Gasteiger partial charge in [0.15, 0.2) is 6.10 Å². The lowest BCUT2D eigenvalue weighted by Crippen LogP contribution is -2.52. The summed E-state index contributed by atoms with van der Waals surface area (Å²) >= 11 is 0. The zero-order valence-electron chi connectivity index (χ0n) is 16.0. The van der Waals surface area contributed by atoms with Crippen LogP contribution in [0.15, 0.2) is 63.8 Å². The number of carboxylic acid groups (broad SMARTS) is 1. The Hall–Kier alpha value is -3.61. The lowest BCUT2D eigenvalue weighted by Gasteiger charge is -2.22. The number of carbonyl (C=O) groups is 2. The molecule has 3 aromatic rings. The van der Waals surface area contributed by atoms with Crippen molar-refractivity contribution in [3.05, 3.63) is 76.1 Å². The highest BCUT2D eigenvalue weighted by Gasteiger charge is 2.20. The van der Waals surface area contributed by atoms with Crippen LogP contribution in [0.3, 0.4) is 0 Å². The van der Waals surface area contributed by atoms with Gasteiger partial charge in [0, 0.05) is 17.5 Å². The first-order valence-electron chi connectivity index (χ1n) is 9.10. The Morgan fingerprint density at radius 2 is 1.86 bits per heavy atom. The SMILES string of the molecule is Cc1cc(=O)oc2cc(O[C@H](C)C(=O)N[C@@H](Cc3ccccc3)C(=O)[O-])ccc12. The fraction of sp³-hybridized carbons (Fsp3) is 0.227. The van der Waals surface area contributed by atoms with E-state index in [0.29, 0.717) is 11.3 Å². The summed E-state index contributed by atoms with van der Waals surface area (Å²) in [4.78, 5) is 35.4. The highest BCUT2D eigenvalue weighted by molar-refractivity contribution is 5.86. The van der Waals surface area contributed by atoms with Gasteiger partial charge in [0.1, 0.15) is 11.3 Å². The number of aliphatic carboxylic acids is 1. The van der Waals surface area contributed by atoms with E-state index in [9.17, 15) is 19.5 Å². The molecule has 0 aliphatic carbocycles. The number of benzene rings is 2. The Kier molecular flexibility index (Phi) is 5.97. The van der Waals surface area contributed by atoms with E-state index >= 15 is 0 Å². The van der Waals surface area contributed by atoms with Crippen LogP contribution in [-0.4, -0.2) is 24.0 Å². The van der Waals surface area contributed by atoms with Crippen LogP contribution in [0.25, 0.3) is 11.0 Å². The highest BCUT2D eigenvalue weighted by atomic mass is 16.5. The normalized spacial score (nSPS) is 12.9. The maximum absolute atomic E-state index is 12.4. The molecule has 0 saturated carbocycles. The summed E-state index contributed by atoms with van der Waals surface area (Å²) in [6, 6.07) is 14.0. The van der Waals surface area contributed by atoms with Crippen LogP contribution in [-0.2, 0) is 16.0 Å². The number of hydrogen-bond donors (Lipinski definition) is 1. The van der Waals surface area contributed by atoms with E-state index in [1.54, 1.807) is 43.3 Å². The molecular weight excluding hydrogens is 374 g/mol. The number of hydrogen-bond acceptors (Lipinski definition) is 6. The number of aryl methyl sites for hydroxylation is 1. The molecule has 0 saturated heterocycles. The molecule has 3 rings (SSSR count). The topological polar surface area (TPSA) is 109 Å². The van der Waals surface area contributed by atoms with Crippen molar-refractivity contribution in [2.75, 3.05) is 0 Å². The van der Waals surface area contributed by atoms with E-state index in [-0.39, 0.29) is 6.42 Å². The van der Waals surface area contributed by atoms with Gasteiger partial charge in [-0.05, 0) is 43.5 Å². The zero-order valence-corrected chi connectivity index (χ0v) is 16.0. The molecule has 0 unspecified atom stereocenters. The number of nitrogens with one attached hydrogen (secondary N) is 1. The average molecular weight is 394 g/mol. The predicted molar refractivity (Wildman–Crippen MR) is 104 cm³/mol. The van der Waals surface area contributed by atoms with E-state index in [0.717, 1.165) is 16.5 Å². The maximum atomic E-state index is 12.4. The van der Waals surface area contributed by atoms with Crippen molar-refractivity contribution in [3.8, 4) is 5.75 Å². The average Bonchev–Trinajstić information content (AvgIpc) is 2.67. The fourth-order valence-corrected chi connectivity index (χ4v) is 2.97. The van der Waals surface area contributed by atoms with E-state index < -0.39 is 29.6 Å². The van der Waals surface area contributed by atoms with Crippen molar-refractivity contribution >= 4 is 22.8 Å². The number of rotatable bonds is 7. The largest absolute Gasteiger partial charge is 0.548 e. The smallest absolute Gasteiger partial charge is 0.336 e. The van der Waals surface area contributed by atoms with Crippen LogP contribution in [0, 0.1) is 6.92 Å². The summed E-state index contributed by atoms with van der Waals surface area (Å²) < 4.78 is 10.8. The second-order valence-corrected chi connectivity index (χ2v) is 6.74. The second kappa shape index (κ2) is 8.60. The Bertz CT molecular complexity index is 1090. The minimum Gasteiger partial charge on any atom is -0.548 e. The van der Waals surface area contributed by atoms with Crippen LogP contribution < -0.4 is 20.8 Å². The molecule has 1 heterocycles. The fourth-order valence-electron chi connectivity index (χ4n) is 2.97. The number of fused-ring (bicyclic) bond motifs is 1. The van der Waals surface area contributed by atoms with Crippen LogP contribution in [0.4, 0.5) is 0 Å². The summed E-state index contributed by atoms with van der Waals surface area (Å²) in [6.07, 6.45) is -0.871. The molecule has 0 fully saturated rings. The Morgan fingerprint density at radius 3 is 2.55 bits per heavy atom. The summed E-state index contributed by atoms with van der Waals surface area (Å²) in [6.45, 7) is 3.30. The summed E-state index contributed by atoms with van der Waals surface area (Å²) in [5, 5.41) is 14.6. The van der Waals surface area contributed by atoms with Gasteiger partial charge in [-0.3, -0.25) is 4.79 Å². The summed E-state index contributed by atoms with van der Waals surface area (Å²) in [7, 11) is 0. The molecule has 2 aromatic carbocycles. The van der Waals surface area contributed by atoms with Crippen molar-refractivity contribution in [1.29, 1.82) is 0 Å². The van der Waals surface area contributed by atoms with Crippen molar-refractivity contribution in [2.24, 2.45) is 0 Å². The molecule has 0 bridgehead atoms. The Balaban J connectivity index is 1.70. The summed E-state index contributed by atoms with van der Waals surface area (Å²) in [5.41, 5.74) is 1.40. The van der Waals surface area contributed by atoms with Gasteiger partial charge in [0.05, 0.1) is 12.0 Å². The molecule has 0 aliphatic heterocycles. The molecule has 1 amide bonds. The Labute approximate surface area is 166 Å². The first kappa shape index (κ1) is 20.1. The molecule has 7 nitrogen and oxygen atoms in total. The van der Waals surface area contributed by atoms with E-state index in [1.807, 2.05) is 6.07 Å². The molecular formula is C22H20NO6-. The highest BCUT2D eigenvalue weighted by Crippen LogP contribution is 2.23. The van der Waals surface area contributed by atoms with Gasteiger partial charge in [0.2, 0.25) is 0 Å². The molecule has 150 valence electrons. The molecule has 1 aromatic heterocycles. The van der Waals surface area contributed by atoms with Gasteiger partial charge in [-0.15, -0.1) is 0 Å². The molecule has 29 heavy (non-hydrogen) atoms. The van der Waals surface area contributed by atoms with Gasteiger partial charge in [0.25, 0.3) is 5.91 Å². The van der Waals surface area contributed by atoms with Gasteiger partial charge >= 0.3 is 5.63 Å². The molecule has 7 heteroatoms. The van der Waals surface area contributed by atoms with Crippen LogP contribution in [0.5, 0.6) is 5.75 Å². The first-order chi connectivity index (χ1) is 13.8. The minimum absolute atomic E-state index is 0.0992. The third kappa shape index (κ3) is 5.01. The number of carboxylic acids is 1. The van der Waals surface area contributed by atoms with Gasteiger partial charge in [-0.1, -0.05) is 30.3 Å². The van der Waals surface area contributed by atoms with Crippen molar-refractivity contribution in [2.45, 2.75) is 32.4 Å². The molecule has 0 radical (unpaired) electrons. The van der Waals surface area contributed by atoms with Crippen molar-refractivity contribution < 1.29 is 23.8 Å². The third-order valence-electron chi connectivity index (χ3n) is 4.49. The standard InChI is InChI=1S/C22H21NO6/c1-13-10-20(24)29-19-12-16(8-9-17(13)19)28-14(2)21(25)23-18(22(26)27)11-15-6-4-3-5-7-15/h3-10,12,14,18H,11H2,1-2H3,(H,23,25)(H,26,27)/p-1/t14-,18+/m1/s1. The lowest BCUT2D eigenvalue weighted by atomic mass is 10.1. The van der Waals surface area contributed by atoms with Gasteiger partial charge in [-0.25, -0.2) is 4.79 Å². The lowest BCUT2D eigenvalue weighted by molar-refractivity contribution is -0.308. The first-order valence-corrected chi connectivity index (χ1v) is 9.10. The number of carbonyl (C=O) groups excluding carboxylic acids is 2. The molecule has 0 aliphatic rings. The third-order valence-corrected chi connectivity index (χ3v) is 4.49.